The van der Waals surface area contributed by atoms with Crippen LogP contribution < -0.4 is 19.5 Å². The van der Waals surface area contributed by atoms with Crippen molar-refractivity contribution in [1.82, 2.24) is 14.3 Å². The van der Waals surface area contributed by atoms with Gasteiger partial charge in [-0.1, -0.05) is 42.5 Å². The fourth-order valence-electron chi connectivity index (χ4n) is 5.09. The van der Waals surface area contributed by atoms with Gasteiger partial charge in [0.2, 0.25) is 10.0 Å². The van der Waals surface area contributed by atoms with Gasteiger partial charge in [-0.15, -0.1) is 0 Å². The number of nitrogens with zero attached hydrogens (tertiary/aromatic N) is 3. The number of sulfonamides is 1. The molecule has 0 unspecified atom stereocenters. The molecule has 0 aliphatic carbocycles. The Kier molecular flexibility index (Phi) is 10.2. The van der Waals surface area contributed by atoms with E-state index >= 15 is 0 Å². The number of ether oxygens (including phenoxy) is 4. The first-order valence-corrected chi connectivity index (χ1v) is 16.0. The molecule has 1 N–H and O–H groups in total. The van der Waals surface area contributed by atoms with E-state index in [1.165, 1.54) is 23.2 Å². The number of anilines is 1. The first-order chi connectivity index (χ1) is 21.8. The number of carbonyl (C=O) groups excluding carboxylic acids is 1. The van der Waals surface area contributed by atoms with Crippen LogP contribution in [0.3, 0.4) is 0 Å². The van der Waals surface area contributed by atoms with E-state index in [0.717, 1.165) is 19.3 Å². The van der Waals surface area contributed by atoms with Crippen LogP contribution in [0, 0.1) is 0 Å². The molecule has 1 aliphatic rings. The van der Waals surface area contributed by atoms with Gasteiger partial charge >= 0.3 is 5.97 Å². The number of rotatable bonds is 13. The molecule has 3 aromatic carbocycles. The molecule has 2 heterocycles. The predicted octanol–water partition coefficient (Wildman–Crippen LogP) is 4.97. The van der Waals surface area contributed by atoms with Crippen LogP contribution in [-0.2, 0) is 27.7 Å². The van der Waals surface area contributed by atoms with E-state index in [2.05, 4.69) is 27.4 Å². The van der Waals surface area contributed by atoms with Crippen molar-refractivity contribution in [1.29, 1.82) is 0 Å². The molecular formula is C33H36N4O7S. The lowest BCUT2D eigenvalue weighted by Gasteiger charge is -2.17. The fourth-order valence-corrected chi connectivity index (χ4v) is 6.61. The Labute approximate surface area is 263 Å². The van der Waals surface area contributed by atoms with Crippen molar-refractivity contribution in [2.75, 3.05) is 46.3 Å². The molecule has 0 spiro atoms. The Balaban J connectivity index is 1.33. The summed E-state index contributed by atoms with van der Waals surface area (Å²) in [5.41, 5.74) is 2.83. The highest BCUT2D eigenvalue weighted by Gasteiger charge is 2.27. The molecule has 0 atom stereocenters. The van der Waals surface area contributed by atoms with Crippen LogP contribution in [0.25, 0.3) is 11.3 Å². The summed E-state index contributed by atoms with van der Waals surface area (Å²) in [4.78, 5) is 21.9. The Morgan fingerprint density at radius 2 is 1.60 bits per heavy atom. The summed E-state index contributed by atoms with van der Waals surface area (Å²) in [6.45, 7) is 1.72. The van der Waals surface area contributed by atoms with Crippen LogP contribution in [0.15, 0.2) is 77.8 Å². The van der Waals surface area contributed by atoms with E-state index < -0.39 is 16.0 Å². The van der Waals surface area contributed by atoms with Crippen molar-refractivity contribution in [3.63, 3.8) is 0 Å². The monoisotopic (exact) mass is 632 g/mol. The number of nitrogens with one attached hydrogen (secondary N) is 1. The third kappa shape index (κ3) is 7.35. The first kappa shape index (κ1) is 31.7. The van der Waals surface area contributed by atoms with Gasteiger partial charge < -0.3 is 24.3 Å². The van der Waals surface area contributed by atoms with Crippen molar-refractivity contribution < 1.29 is 32.2 Å². The van der Waals surface area contributed by atoms with Crippen molar-refractivity contribution in [2.45, 2.75) is 30.7 Å². The Morgan fingerprint density at radius 3 is 2.22 bits per heavy atom. The van der Waals surface area contributed by atoms with Gasteiger partial charge in [-0.25, -0.2) is 23.2 Å². The standard InChI is InChI=1S/C33H36N4O7S/c1-41-29-19-25(44-18-15-23-9-5-4-6-10-23)20-30(42-2)27(29)21-34-32-31(33(38)43-3)36-28(22-35-32)24-11-13-26(14-12-24)45(39,40)37-16-7-8-17-37/h4-6,9-14,19-20,22H,7-8,15-18,21H2,1-3H3,(H,34,35). The molecule has 236 valence electrons. The lowest BCUT2D eigenvalue weighted by Crippen LogP contribution is -2.27. The van der Waals surface area contributed by atoms with Gasteiger partial charge in [-0.3, -0.25) is 0 Å². The second kappa shape index (κ2) is 14.4. The minimum absolute atomic E-state index is 0.0254. The van der Waals surface area contributed by atoms with E-state index in [4.69, 9.17) is 18.9 Å². The average molecular weight is 633 g/mol. The lowest BCUT2D eigenvalue weighted by molar-refractivity contribution is 0.0595. The zero-order valence-electron chi connectivity index (χ0n) is 25.5. The lowest BCUT2D eigenvalue weighted by atomic mass is 10.1. The minimum Gasteiger partial charge on any atom is -0.496 e. The van der Waals surface area contributed by atoms with Gasteiger partial charge in [0.15, 0.2) is 11.5 Å². The number of carbonyl (C=O) groups is 1. The van der Waals surface area contributed by atoms with Gasteiger partial charge in [0.25, 0.3) is 0 Å². The summed E-state index contributed by atoms with van der Waals surface area (Å²) in [5.74, 6) is 1.18. The van der Waals surface area contributed by atoms with Crippen LogP contribution in [0.1, 0.15) is 34.5 Å². The number of benzene rings is 3. The molecule has 5 rings (SSSR count). The summed E-state index contributed by atoms with van der Waals surface area (Å²) < 4.78 is 49.6. The number of aromatic nitrogens is 2. The summed E-state index contributed by atoms with van der Waals surface area (Å²) >= 11 is 0. The third-order valence-corrected chi connectivity index (χ3v) is 9.43. The largest absolute Gasteiger partial charge is 0.496 e. The third-order valence-electron chi connectivity index (χ3n) is 7.52. The van der Waals surface area contributed by atoms with Crippen LogP contribution in [0.2, 0.25) is 0 Å². The van der Waals surface area contributed by atoms with E-state index in [0.29, 0.717) is 53.8 Å². The van der Waals surface area contributed by atoms with Crippen molar-refractivity contribution >= 4 is 21.8 Å². The highest BCUT2D eigenvalue weighted by Crippen LogP contribution is 2.35. The van der Waals surface area contributed by atoms with Crippen molar-refractivity contribution in [3.05, 3.63) is 89.7 Å². The Morgan fingerprint density at radius 1 is 0.933 bits per heavy atom. The molecule has 1 aromatic heterocycles. The molecule has 11 nitrogen and oxygen atoms in total. The summed E-state index contributed by atoms with van der Waals surface area (Å²) in [6.07, 6.45) is 3.98. The molecule has 0 amide bonds. The maximum Gasteiger partial charge on any atom is 0.360 e. The van der Waals surface area contributed by atoms with E-state index in [1.807, 2.05) is 18.2 Å². The quantitative estimate of drug-likeness (QED) is 0.202. The topological polar surface area (TPSA) is 129 Å². The van der Waals surface area contributed by atoms with Gasteiger partial charge in [0, 0.05) is 43.8 Å². The summed E-state index contributed by atoms with van der Waals surface area (Å²) in [6, 6.07) is 20.0. The second-order valence-electron chi connectivity index (χ2n) is 10.3. The predicted molar refractivity (Wildman–Crippen MR) is 169 cm³/mol. The van der Waals surface area contributed by atoms with Gasteiger partial charge in [-0.2, -0.15) is 4.31 Å². The molecule has 0 bridgehead atoms. The van der Waals surface area contributed by atoms with Crippen molar-refractivity contribution in [2.24, 2.45) is 0 Å². The molecule has 12 heteroatoms. The van der Waals surface area contributed by atoms with Crippen LogP contribution in [0.4, 0.5) is 5.82 Å². The maximum absolute atomic E-state index is 12.9. The normalized spacial score (nSPS) is 13.3. The summed E-state index contributed by atoms with van der Waals surface area (Å²) in [7, 11) is 0.831. The van der Waals surface area contributed by atoms with Gasteiger partial charge in [0.1, 0.15) is 17.2 Å². The number of esters is 1. The minimum atomic E-state index is -3.55. The van der Waals surface area contributed by atoms with Crippen molar-refractivity contribution in [3.8, 4) is 28.5 Å². The highest BCUT2D eigenvalue weighted by atomic mass is 32.2. The molecular weight excluding hydrogens is 596 g/mol. The van der Waals surface area contributed by atoms with E-state index in [1.54, 1.807) is 50.6 Å². The molecule has 4 aromatic rings. The molecule has 1 aliphatic heterocycles. The van der Waals surface area contributed by atoms with Gasteiger partial charge in [-0.05, 0) is 30.5 Å². The fraction of sp³-hybridized carbons (Fsp3) is 0.303. The molecule has 0 saturated carbocycles. The maximum atomic E-state index is 12.9. The van der Waals surface area contributed by atoms with E-state index in [-0.39, 0.29) is 23.0 Å². The summed E-state index contributed by atoms with van der Waals surface area (Å²) in [5, 5.41) is 3.16. The number of hydrogen-bond donors (Lipinski definition) is 1. The first-order valence-electron chi connectivity index (χ1n) is 14.6. The number of hydrogen-bond acceptors (Lipinski definition) is 10. The van der Waals surface area contributed by atoms with Crippen LogP contribution in [-0.4, -0.2) is 69.7 Å². The average Bonchev–Trinajstić information content (AvgIpc) is 3.64. The molecule has 1 saturated heterocycles. The second-order valence-corrected chi connectivity index (χ2v) is 12.3. The molecule has 0 radical (unpaired) electrons. The zero-order valence-corrected chi connectivity index (χ0v) is 26.3. The smallest absolute Gasteiger partial charge is 0.360 e. The molecule has 45 heavy (non-hydrogen) atoms. The van der Waals surface area contributed by atoms with Crippen LogP contribution in [0.5, 0.6) is 17.2 Å². The number of methoxy groups -OCH3 is 3. The Bertz CT molecular complexity index is 1700. The molecule has 1 fully saturated rings. The SMILES string of the molecule is COC(=O)c1nc(-c2ccc(S(=O)(=O)N3CCCC3)cc2)cnc1NCc1c(OC)cc(OCCc2ccccc2)cc1OC. The zero-order chi connectivity index (χ0) is 31.8. The highest BCUT2D eigenvalue weighted by molar-refractivity contribution is 7.89. The van der Waals surface area contributed by atoms with E-state index in [9.17, 15) is 13.2 Å². The Hall–Kier alpha value is -4.68. The van der Waals surface area contributed by atoms with Crippen LogP contribution >= 0.6 is 0 Å². The van der Waals surface area contributed by atoms with Gasteiger partial charge in [0.05, 0.1) is 50.3 Å².